The van der Waals surface area contributed by atoms with Gasteiger partial charge in [0.05, 0.1) is 12.2 Å². The van der Waals surface area contributed by atoms with Crippen molar-refractivity contribution < 1.29 is 29.0 Å². The number of benzene rings is 1. The number of aryl methyl sites for hydroxylation is 1. The molecule has 0 bridgehead atoms. The summed E-state index contributed by atoms with van der Waals surface area (Å²) in [6, 6.07) is 4.94. The molecule has 1 aromatic rings. The maximum atomic E-state index is 12.8. The molecule has 10 heteroatoms. The molecule has 0 aliphatic carbocycles. The predicted molar refractivity (Wildman–Crippen MR) is 138 cm³/mol. The van der Waals surface area contributed by atoms with Crippen molar-refractivity contribution in [2.45, 2.75) is 51.9 Å². The van der Waals surface area contributed by atoms with Crippen molar-refractivity contribution in [1.29, 1.82) is 0 Å². The Labute approximate surface area is 217 Å². The summed E-state index contributed by atoms with van der Waals surface area (Å²) in [5, 5.41) is 11.3. The molecule has 1 aromatic carbocycles. The van der Waals surface area contributed by atoms with Crippen LogP contribution in [0, 0.1) is 18.8 Å². The second-order valence-electron chi connectivity index (χ2n) is 10.5. The Morgan fingerprint density at radius 2 is 1.65 bits per heavy atom. The maximum absolute atomic E-state index is 12.8. The van der Waals surface area contributed by atoms with Crippen LogP contribution in [-0.2, 0) is 14.4 Å². The van der Waals surface area contributed by atoms with Crippen molar-refractivity contribution in [2.24, 2.45) is 11.8 Å². The first-order valence-corrected chi connectivity index (χ1v) is 13.3. The quantitative estimate of drug-likeness (QED) is 0.520. The summed E-state index contributed by atoms with van der Waals surface area (Å²) in [5.74, 6) is 0.756. The van der Waals surface area contributed by atoms with E-state index in [-0.39, 0.29) is 31.4 Å². The van der Waals surface area contributed by atoms with Gasteiger partial charge in [0, 0.05) is 32.1 Å². The number of anilines is 1. The average molecular weight is 515 g/mol. The van der Waals surface area contributed by atoms with Crippen LogP contribution in [0.4, 0.5) is 10.5 Å². The third kappa shape index (κ3) is 7.44. The van der Waals surface area contributed by atoms with Crippen LogP contribution in [0.1, 0.15) is 50.5 Å². The van der Waals surface area contributed by atoms with Gasteiger partial charge in [-0.3, -0.25) is 29.5 Å². The number of carbonyl (C=O) groups is 4. The van der Waals surface area contributed by atoms with E-state index in [2.05, 4.69) is 5.32 Å². The van der Waals surface area contributed by atoms with Gasteiger partial charge >= 0.3 is 12.0 Å². The molecule has 4 amide bonds. The Morgan fingerprint density at radius 1 is 1.00 bits per heavy atom. The molecule has 4 rings (SSSR count). The van der Waals surface area contributed by atoms with Gasteiger partial charge in [-0.15, -0.1) is 0 Å². The highest BCUT2D eigenvalue weighted by Gasteiger charge is 2.27. The van der Waals surface area contributed by atoms with Crippen LogP contribution in [0.15, 0.2) is 18.2 Å². The van der Waals surface area contributed by atoms with E-state index >= 15 is 0 Å². The summed E-state index contributed by atoms with van der Waals surface area (Å²) in [6.45, 7) is 5.52. The fourth-order valence-electron chi connectivity index (χ4n) is 5.57. The van der Waals surface area contributed by atoms with Gasteiger partial charge < -0.3 is 14.7 Å². The number of urea groups is 1. The molecule has 202 valence electrons. The van der Waals surface area contributed by atoms with E-state index in [1.54, 1.807) is 12.1 Å². The molecular weight excluding hydrogens is 476 g/mol. The first-order chi connectivity index (χ1) is 17.8. The van der Waals surface area contributed by atoms with E-state index in [0.717, 1.165) is 57.4 Å². The smallest absolute Gasteiger partial charge is 0.328 e. The van der Waals surface area contributed by atoms with E-state index in [0.29, 0.717) is 29.8 Å². The minimum absolute atomic E-state index is 0.0345. The van der Waals surface area contributed by atoms with Gasteiger partial charge in [0.25, 0.3) is 5.91 Å². The van der Waals surface area contributed by atoms with Crippen LogP contribution in [0.25, 0.3) is 0 Å². The van der Waals surface area contributed by atoms with Gasteiger partial charge in [-0.05, 0) is 69.2 Å². The van der Waals surface area contributed by atoms with Gasteiger partial charge in [-0.1, -0.05) is 18.9 Å². The lowest BCUT2D eigenvalue weighted by atomic mass is 9.85. The van der Waals surface area contributed by atoms with Crippen LogP contribution >= 0.6 is 0 Å². The fourth-order valence-corrected chi connectivity index (χ4v) is 5.57. The second-order valence-corrected chi connectivity index (χ2v) is 10.5. The molecule has 0 saturated carbocycles. The highest BCUT2D eigenvalue weighted by molar-refractivity contribution is 6.06. The number of ether oxygens (including phenoxy) is 1. The molecule has 3 fully saturated rings. The minimum atomic E-state index is -0.751. The first-order valence-electron chi connectivity index (χ1n) is 13.3. The van der Waals surface area contributed by atoms with Gasteiger partial charge in [0.15, 0.2) is 6.61 Å². The van der Waals surface area contributed by atoms with Crippen LogP contribution < -0.4 is 15.0 Å². The number of hydrogen-bond acceptors (Lipinski definition) is 6. The van der Waals surface area contributed by atoms with Crippen molar-refractivity contribution >= 4 is 29.5 Å². The zero-order chi connectivity index (χ0) is 26.4. The Bertz CT molecular complexity index is 999. The van der Waals surface area contributed by atoms with E-state index in [9.17, 15) is 19.2 Å². The van der Waals surface area contributed by atoms with Gasteiger partial charge in [0.1, 0.15) is 5.75 Å². The second kappa shape index (κ2) is 12.4. The predicted octanol–water partition coefficient (Wildman–Crippen LogP) is 2.64. The highest BCUT2D eigenvalue weighted by atomic mass is 16.5. The summed E-state index contributed by atoms with van der Waals surface area (Å²) < 4.78 is 5.79. The molecule has 3 saturated heterocycles. The molecule has 3 aliphatic rings. The van der Waals surface area contributed by atoms with Crippen LogP contribution in [0.3, 0.4) is 0 Å². The molecule has 3 heterocycles. The molecule has 37 heavy (non-hydrogen) atoms. The lowest BCUT2D eigenvalue weighted by Crippen LogP contribution is -2.49. The molecule has 3 aliphatic heterocycles. The molecule has 0 atom stereocenters. The van der Waals surface area contributed by atoms with E-state index < -0.39 is 12.0 Å². The third-order valence-electron chi connectivity index (χ3n) is 7.90. The van der Waals surface area contributed by atoms with Crippen LogP contribution in [0.2, 0.25) is 0 Å². The first kappa shape index (κ1) is 26.9. The summed E-state index contributed by atoms with van der Waals surface area (Å²) in [7, 11) is 0. The lowest BCUT2D eigenvalue weighted by Gasteiger charge is -2.34. The van der Waals surface area contributed by atoms with Gasteiger partial charge in [0.2, 0.25) is 5.91 Å². The normalized spacial score (nSPS) is 20.1. The molecule has 0 spiro atoms. The summed E-state index contributed by atoms with van der Waals surface area (Å²) in [5.41, 5.74) is 1.55. The fraction of sp³-hybridized carbons (Fsp3) is 0.630. The standard InChI is InChI=1S/C27H38N4O6/c1-19-2-5-22(16-23(19)31-15-10-24(32)28-27(31)36)37-18-25(33)30-13-8-21(9-14-30)4-3-20-6-11-29(12-7-20)17-26(34)35/h2,5,16,20-21H,3-4,6-15,17-18H2,1H3,(H,34,35)(H,28,32,36). The van der Waals surface area contributed by atoms with E-state index in [4.69, 9.17) is 9.84 Å². The van der Waals surface area contributed by atoms with E-state index in [1.807, 2.05) is 22.8 Å². The SMILES string of the molecule is Cc1ccc(OCC(=O)N2CCC(CCC3CCN(CC(=O)O)CC3)CC2)cc1N1CCC(=O)NC1=O. The number of likely N-dealkylation sites (tertiary alicyclic amines) is 2. The van der Waals surface area contributed by atoms with Crippen molar-refractivity contribution in [3.8, 4) is 5.75 Å². The number of hydrogen-bond donors (Lipinski definition) is 2. The number of carbonyl (C=O) groups excluding carboxylic acids is 3. The van der Waals surface area contributed by atoms with Crippen molar-refractivity contribution in [3.63, 3.8) is 0 Å². The molecular formula is C27H38N4O6. The average Bonchev–Trinajstić information content (AvgIpc) is 2.88. The Hall–Kier alpha value is -3.14. The molecule has 10 nitrogen and oxygen atoms in total. The van der Waals surface area contributed by atoms with Crippen molar-refractivity contribution in [2.75, 3.05) is 50.8 Å². The number of nitrogens with one attached hydrogen (secondary N) is 1. The minimum Gasteiger partial charge on any atom is -0.484 e. The molecule has 0 unspecified atom stereocenters. The van der Waals surface area contributed by atoms with Crippen LogP contribution in [0.5, 0.6) is 5.75 Å². The topological polar surface area (TPSA) is 119 Å². The molecule has 2 N–H and O–H groups in total. The number of carboxylic acid groups (broad SMARTS) is 1. The number of rotatable bonds is 9. The Balaban J connectivity index is 1.17. The number of amides is 4. The summed E-state index contributed by atoms with van der Waals surface area (Å²) in [4.78, 5) is 52.7. The van der Waals surface area contributed by atoms with Gasteiger partial charge in [-0.2, -0.15) is 0 Å². The van der Waals surface area contributed by atoms with E-state index in [1.165, 1.54) is 17.7 Å². The number of nitrogens with zero attached hydrogens (tertiary/aromatic N) is 3. The van der Waals surface area contributed by atoms with Crippen molar-refractivity contribution in [1.82, 2.24) is 15.1 Å². The number of aliphatic carboxylic acids is 1. The zero-order valence-corrected chi connectivity index (χ0v) is 21.6. The maximum Gasteiger partial charge on any atom is 0.328 e. The summed E-state index contributed by atoms with van der Waals surface area (Å²) in [6.07, 6.45) is 6.75. The Kier molecular flexibility index (Phi) is 9.02. The largest absolute Gasteiger partial charge is 0.484 e. The number of imide groups is 1. The Morgan fingerprint density at radius 3 is 2.27 bits per heavy atom. The summed E-state index contributed by atoms with van der Waals surface area (Å²) >= 11 is 0. The lowest BCUT2D eigenvalue weighted by molar-refractivity contribution is -0.138. The molecule has 0 radical (unpaired) electrons. The monoisotopic (exact) mass is 514 g/mol. The number of carboxylic acids is 1. The van der Waals surface area contributed by atoms with Crippen molar-refractivity contribution in [3.05, 3.63) is 23.8 Å². The number of piperidine rings is 2. The zero-order valence-electron chi connectivity index (χ0n) is 21.6. The third-order valence-corrected chi connectivity index (χ3v) is 7.90. The van der Waals surface area contributed by atoms with Gasteiger partial charge in [-0.25, -0.2) is 4.79 Å². The molecule has 0 aromatic heterocycles. The van der Waals surface area contributed by atoms with Crippen LogP contribution in [-0.4, -0.2) is 84.6 Å². The highest BCUT2D eigenvalue weighted by Crippen LogP contribution is 2.29.